The van der Waals surface area contributed by atoms with Gasteiger partial charge in [-0.3, -0.25) is 0 Å². The van der Waals surface area contributed by atoms with E-state index < -0.39 is 48.9 Å². The molecule has 2 aromatic carbocycles. The Morgan fingerprint density at radius 2 is 1.69 bits per heavy atom. The Balaban J connectivity index is 1.54. The Morgan fingerprint density at radius 3 is 2.34 bits per heavy atom. The number of halogens is 3. The van der Waals surface area contributed by atoms with Gasteiger partial charge in [0.1, 0.15) is 42.9 Å². The zero-order valence-electron chi connectivity index (χ0n) is 16.9. The molecule has 2 heterocycles. The summed E-state index contributed by atoms with van der Waals surface area (Å²) in [5, 5.41) is 39.7. The van der Waals surface area contributed by atoms with E-state index in [1.54, 1.807) is 18.2 Å². The molecule has 10 heteroatoms. The van der Waals surface area contributed by atoms with Gasteiger partial charge in [0.25, 0.3) is 0 Å². The number of rotatable bonds is 4. The minimum Gasteiger partial charge on any atom is -0.490 e. The Morgan fingerprint density at radius 1 is 0.969 bits per heavy atom. The molecule has 0 spiro atoms. The fourth-order valence-corrected chi connectivity index (χ4v) is 4.03. The number of alkyl halides is 3. The topological polar surface area (TPSA) is 103 Å². The van der Waals surface area contributed by atoms with Crippen LogP contribution in [0.4, 0.5) is 18.9 Å². The molecule has 2 aliphatic heterocycles. The molecule has 1 saturated heterocycles. The van der Waals surface area contributed by atoms with Crippen LogP contribution in [0.2, 0.25) is 0 Å². The number of hydrogen-bond donors (Lipinski definition) is 4. The summed E-state index contributed by atoms with van der Waals surface area (Å²) in [6, 6.07) is 10.1. The van der Waals surface area contributed by atoms with Crippen LogP contribution in [-0.2, 0) is 17.5 Å². The Kier molecular flexibility index (Phi) is 6.33. The summed E-state index contributed by atoms with van der Waals surface area (Å²) in [5.74, 6) is 0.498. The Labute approximate surface area is 182 Å². The highest BCUT2D eigenvalue weighted by Crippen LogP contribution is 2.39. The lowest BCUT2D eigenvalue weighted by atomic mass is 9.91. The number of anilines is 1. The molecule has 2 aliphatic rings. The van der Waals surface area contributed by atoms with Crippen LogP contribution >= 0.6 is 0 Å². The van der Waals surface area contributed by atoms with Crippen molar-refractivity contribution >= 4 is 5.69 Å². The molecule has 0 amide bonds. The molecule has 7 nitrogen and oxygen atoms in total. The molecule has 4 N–H and O–H groups in total. The minimum absolute atomic E-state index is 0.353. The first-order chi connectivity index (χ1) is 15.2. The largest absolute Gasteiger partial charge is 0.490 e. The average molecular weight is 455 g/mol. The van der Waals surface area contributed by atoms with Gasteiger partial charge >= 0.3 is 6.18 Å². The Bertz CT molecular complexity index is 936. The molecule has 5 atom stereocenters. The summed E-state index contributed by atoms with van der Waals surface area (Å²) in [5.41, 5.74) is 1.23. The van der Waals surface area contributed by atoms with Crippen molar-refractivity contribution in [3.05, 3.63) is 59.2 Å². The third-order valence-electron chi connectivity index (χ3n) is 5.82. The van der Waals surface area contributed by atoms with Crippen LogP contribution in [0.3, 0.4) is 0 Å². The lowest BCUT2D eigenvalue weighted by Gasteiger charge is -2.40. The van der Waals surface area contributed by atoms with E-state index in [1.807, 2.05) is 4.90 Å². The van der Waals surface area contributed by atoms with Gasteiger partial charge in [-0.2, -0.15) is 13.2 Å². The predicted molar refractivity (Wildman–Crippen MR) is 107 cm³/mol. The molecule has 4 rings (SSSR count). The summed E-state index contributed by atoms with van der Waals surface area (Å²) >= 11 is 0. The lowest BCUT2D eigenvalue weighted by molar-refractivity contribution is -0.231. The smallest absolute Gasteiger partial charge is 0.416 e. The number of aliphatic hydroxyl groups excluding tert-OH is 4. The van der Waals surface area contributed by atoms with E-state index in [-0.39, 0.29) is 0 Å². The lowest BCUT2D eigenvalue weighted by Crippen LogP contribution is -2.55. The minimum atomic E-state index is -4.38. The van der Waals surface area contributed by atoms with Gasteiger partial charge in [-0.15, -0.1) is 0 Å². The molecular formula is C22H24F3NO6. The molecule has 0 aromatic heterocycles. The summed E-state index contributed by atoms with van der Waals surface area (Å²) < 4.78 is 49.7. The van der Waals surface area contributed by atoms with Crippen LogP contribution < -0.4 is 9.64 Å². The number of benzene rings is 2. The summed E-state index contributed by atoms with van der Waals surface area (Å²) in [6.45, 7) is 0.747. The number of hydrogen-bond acceptors (Lipinski definition) is 7. The van der Waals surface area contributed by atoms with Crippen LogP contribution in [0.25, 0.3) is 0 Å². The highest BCUT2D eigenvalue weighted by Gasteiger charge is 2.44. The quantitative estimate of drug-likeness (QED) is 0.556. The van der Waals surface area contributed by atoms with Crippen LogP contribution in [0.15, 0.2) is 42.5 Å². The van der Waals surface area contributed by atoms with Crippen LogP contribution in [-0.4, -0.2) is 64.6 Å². The maximum atomic E-state index is 12.8. The second-order valence-electron chi connectivity index (χ2n) is 7.94. The van der Waals surface area contributed by atoms with E-state index >= 15 is 0 Å². The molecular weight excluding hydrogens is 431 g/mol. The van der Waals surface area contributed by atoms with Crippen molar-refractivity contribution in [3.8, 4) is 5.75 Å². The zero-order chi connectivity index (χ0) is 23.0. The van der Waals surface area contributed by atoms with Crippen molar-refractivity contribution in [2.24, 2.45) is 0 Å². The maximum absolute atomic E-state index is 12.8. The van der Waals surface area contributed by atoms with E-state index in [1.165, 1.54) is 12.1 Å². The highest BCUT2D eigenvalue weighted by atomic mass is 19.4. The van der Waals surface area contributed by atoms with E-state index in [0.717, 1.165) is 17.8 Å². The second-order valence-corrected chi connectivity index (χ2v) is 7.94. The maximum Gasteiger partial charge on any atom is 0.416 e. The van der Waals surface area contributed by atoms with Gasteiger partial charge < -0.3 is 34.8 Å². The van der Waals surface area contributed by atoms with Gasteiger partial charge in [0.15, 0.2) is 0 Å². The van der Waals surface area contributed by atoms with Crippen molar-refractivity contribution in [1.82, 2.24) is 0 Å². The molecule has 2 aromatic rings. The van der Waals surface area contributed by atoms with Crippen LogP contribution in [0.5, 0.6) is 5.75 Å². The van der Waals surface area contributed by atoms with Gasteiger partial charge in [-0.05, 0) is 35.4 Å². The fourth-order valence-electron chi connectivity index (χ4n) is 4.03. The van der Waals surface area contributed by atoms with Crippen molar-refractivity contribution in [3.63, 3.8) is 0 Å². The monoisotopic (exact) mass is 455 g/mol. The number of aliphatic hydroxyl groups is 4. The third kappa shape index (κ3) is 4.41. The molecule has 0 saturated carbocycles. The third-order valence-corrected chi connectivity index (χ3v) is 5.82. The van der Waals surface area contributed by atoms with Gasteiger partial charge in [0, 0.05) is 6.54 Å². The number of fused-ring (bicyclic) bond motifs is 1. The van der Waals surface area contributed by atoms with E-state index in [2.05, 4.69) is 0 Å². The first-order valence-corrected chi connectivity index (χ1v) is 10.2. The number of nitrogens with zero attached hydrogens (tertiary/aromatic N) is 1. The van der Waals surface area contributed by atoms with Crippen LogP contribution in [0.1, 0.15) is 22.8 Å². The number of ether oxygens (including phenoxy) is 2. The summed E-state index contributed by atoms with van der Waals surface area (Å²) in [6.07, 6.45) is -10.7. The molecule has 0 aliphatic carbocycles. The predicted octanol–water partition coefficient (Wildman–Crippen LogP) is 1.62. The van der Waals surface area contributed by atoms with Gasteiger partial charge in [-0.25, -0.2) is 0 Å². The van der Waals surface area contributed by atoms with Gasteiger partial charge in [0.2, 0.25) is 0 Å². The molecule has 0 radical (unpaired) electrons. The zero-order valence-corrected chi connectivity index (χ0v) is 16.9. The van der Waals surface area contributed by atoms with Crippen molar-refractivity contribution in [1.29, 1.82) is 0 Å². The normalized spacial score (nSPS) is 28.2. The van der Waals surface area contributed by atoms with Crippen molar-refractivity contribution < 1.29 is 43.1 Å². The van der Waals surface area contributed by atoms with E-state index in [0.29, 0.717) is 36.6 Å². The van der Waals surface area contributed by atoms with E-state index in [9.17, 15) is 33.6 Å². The van der Waals surface area contributed by atoms with E-state index in [4.69, 9.17) is 9.47 Å². The average Bonchev–Trinajstić information content (AvgIpc) is 2.77. The SMILES string of the molecule is OC[C@H]1O[C@@H](c2ccc3c(c2)OCCN3Cc2ccc(C(F)(F)F)cc2)[C@H](O)[C@@H](O)[C@@H]1O. The van der Waals surface area contributed by atoms with Crippen LogP contribution in [0, 0.1) is 0 Å². The molecule has 0 unspecified atom stereocenters. The summed E-state index contributed by atoms with van der Waals surface area (Å²) in [7, 11) is 0. The Hall–Kier alpha value is -2.37. The van der Waals surface area contributed by atoms with Gasteiger partial charge in [0.05, 0.1) is 24.4 Å². The highest BCUT2D eigenvalue weighted by molar-refractivity contribution is 5.61. The second kappa shape index (κ2) is 8.87. The first kappa shape index (κ1) is 22.8. The standard InChI is InChI=1S/C22H24F3NO6/c23-22(24,25)14-4-1-12(2-5-14)10-26-7-8-31-16-9-13(3-6-15(16)26)21-20(30)19(29)18(28)17(11-27)32-21/h1-6,9,17-21,27-30H,7-8,10-11H2/t17-,18-,19+,20-,21+/m1/s1. The molecule has 32 heavy (non-hydrogen) atoms. The molecule has 1 fully saturated rings. The molecule has 0 bridgehead atoms. The molecule has 174 valence electrons. The first-order valence-electron chi connectivity index (χ1n) is 10.2. The van der Waals surface area contributed by atoms with Gasteiger partial charge in [-0.1, -0.05) is 18.2 Å². The van der Waals surface area contributed by atoms with Crippen molar-refractivity contribution in [2.75, 3.05) is 24.7 Å². The van der Waals surface area contributed by atoms with Crippen molar-refractivity contribution in [2.45, 2.75) is 43.2 Å². The summed E-state index contributed by atoms with van der Waals surface area (Å²) in [4.78, 5) is 1.97. The fraction of sp³-hybridized carbons (Fsp3) is 0.455.